The molecule has 4 bridgehead atoms. The molecule has 7 aromatic carbocycles. The standard InChI is InChI=1S/C53H46N3OP/c1-58(2,57)49-27-26-46(47-14-8-9-15-48(47)49)37-18-22-42(23-19-37)53(44-29-34-28-35(31-44)32-45(53)30-34)43-24-20-39(21-25-43)51-54-50(38-11-4-3-5-12-38)55-52(56-51)41-17-16-36-10-6-7-13-40(36)33-41/h3-27,33-35,44-45H,28-32H2,1-2H3. The van der Waals surface area contributed by atoms with Gasteiger partial charge in [0.25, 0.3) is 0 Å². The molecular formula is C53H46N3OP. The fraction of sp³-hybridized carbons (Fsp3) is 0.226. The van der Waals surface area contributed by atoms with Crippen LogP contribution in [-0.4, -0.2) is 28.3 Å². The molecule has 4 saturated carbocycles. The number of hydrogen-bond acceptors (Lipinski definition) is 4. The number of benzene rings is 7. The van der Waals surface area contributed by atoms with Crippen molar-refractivity contribution in [2.75, 3.05) is 13.3 Å². The van der Waals surface area contributed by atoms with E-state index in [1.165, 1.54) is 59.7 Å². The molecule has 58 heavy (non-hydrogen) atoms. The summed E-state index contributed by atoms with van der Waals surface area (Å²) in [5.41, 5.74) is 8.16. The highest BCUT2D eigenvalue weighted by Crippen LogP contribution is 2.65. The number of rotatable bonds is 7. The Balaban J connectivity index is 1.01. The summed E-state index contributed by atoms with van der Waals surface area (Å²) in [4.78, 5) is 15.3. The van der Waals surface area contributed by atoms with E-state index in [1.807, 2.05) is 31.5 Å². The predicted molar refractivity (Wildman–Crippen MR) is 240 cm³/mol. The number of aromatic nitrogens is 3. The summed E-state index contributed by atoms with van der Waals surface area (Å²) in [5.74, 6) is 4.97. The molecule has 0 saturated heterocycles. The average molecular weight is 772 g/mol. The highest BCUT2D eigenvalue weighted by molar-refractivity contribution is 7.70. The SMILES string of the molecule is CP(C)(=O)c1ccc(-c2ccc(C3(c4ccc(-c5nc(-c6ccccc6)nc(-c6ccc7ccccc7c6)n5)cc4)C4CC5CC(C4)CC3C5)cc2)c2ccccc12. The van der Waals surface area contributed by atoms with Crippen LogP contribution >= 0.6 is 7.14 Å². The van der Waals surface area contributed by atoms with Gasteiger partial charge in [-0.2, -0.15) is 0 Å². The van der Waals surface area contributed by atoms with Gasteiger partial charge >= 0.3 is 0 Å². The highest BCUT2D eigenvalue weighted by atomic mass is 31.2. The van der Waals surface area contributed by atoms with E-state index in [0.717, 1.165) is 50.0 Å². The van der Waals surface area contributed by atoms with Crippen molar-refractivity contribution in [3.05, 3.63) is 169 Å². The lowest BCUT2D eigenvalue weighted by atomic mass is 9.42. The Kier molecular flexibility index (Phi) is 8.38. The normalized spacial score (nSPS) is 22.4. The first-order chi connectivity index (χ1) is 28.3. The molecule has 12 rings (SSSR count). The van der Waals surface area contributed by atoms with Gasteiger partial charge in [-0.15, -0.1) is 0 Å². The molecule has 0 amide bonds. The van der Waals surface area contributed by atoms with E-state index in [1.54, 1.807) is 0 Å². The van der Waals surface area contributed by atoms with Crippen LogP contribution in [-0.2, 0) is 9.98 Å². The van der Waals surface area contributed by atoms with E-state index in [9.17, 15) is 4.57 Å². The largest absolute Gasteiger partial charge is 0.319 e. The summed E-state index contributed by atoms with van der Waals surface area (Å²) >= 11 is 0. The van der Waals surface area contributed by atoms with Crippen LogP contribution in [0.25, 0.3) is 66.8 Å². The van der Waals surface area contributed by atoms with Crippen LogP contribution in [0.15, 0.2) is 158 Å². The Morgan fingerprint density at radius 3 is 1.59 bits per heavy atom. The monoisotopic (exact) mass is 771 g/mol. The van der Waals surface area contributed by atoms with Gasteiger partial charge in [0.05, 0.1) is 0 Å². The molecule has 0 aliphatic heterocycles. The fourth-order valence-electron chi connectivity index (χ4n) is 11.5. The number of hydrogen-bond donors (Lipinski definition) is 0. The van der Waals surface area contributed by atoms with E-state index in [4.69, 9.17) is 15.0 Å². The number of fused-ring (bicyclic) bond motifs is 2. The predicted octanol–water partition coefficient (Wildman–Crippen LogP) is 12.8. The second-order valence-corrected chi connectivity index (χ2v) is 20.8. The quantitative estimate of drug-likeness (QED) is 0.151. The van der Waals surface area contributed by atoms with Crippen LogP contribution in [0, 0.1) is 23.7 Å². The van der Waals surface area contributed by atoms with Crippen LogP contribution < -0.4 is 5.30 Å². The molecule has 8 aromatic rings. The first kappa shape index (κ1) is 35.5. The molecular weight excluding hydrogens is 726 g/mol. The molecule has 0 radical (unpaired) electrons. The second-order valence-electron chi connectivity index (χ2n) is 17.6. The minimum Gasteiger partial charge on any atom is -0.319 e. The summed E-state index contributed by atoms with van der Waals surface area (Å²) in [6.07, 6.45) is 6.63. The van der Waals surface area contributed by atoms with Crippen LogP contribution in [0.3, 0.4) is 0 Å². The van der Waals surface area contributed by atoms with Crippen molar-refractivity contribution in [2.45, 2.75) is 37.5 Å². The minimum absolute atomic E-state index is 0.0436. The van der Waals surface area contributed by atoms with Crippen LogP contribution in [0.2, 0.25) is 0 Å². The van der Waals surface area contributed by atoms with Gasteiger partial charge in [0, 0.05) is 27.4 Å². The Bertz CT molecular complexity index is 2870. The van der Waals surface area contributed by atoms with E-state index in [-0.39, 0.29) is 5.41 Å². The molecule has 4 fully saturated rings. The van der Waals surface area contributed by atoms with Gasteiger partial charge in [0.1, 0.15) is 7.14 Å². The Labute approximate surface area is 340 Å². The molecule has 1 aromatic heterocycles. The lowest BCUT2D eigenvalue weighted by molar-refractivity contribution is -0.0418. The number of nitrogens with zero attached hydrogens (tertiary/aromatic N) is 3. The van der Waals surface area contributed by atoms with E-state index in [0.29, 0.717) is 29.3 Å². The van der Waals surface area contributed by atoms with Crippen molar-refractivity contribution in [3.63, 3.8) is 0 Å². The van der Waals surface area contributed by atoms with Gasteiger partial charge < -0.3 is 4.57 Å². The van der Waals surface area contributed by atoms with Gasteiger partial charge in [0.2, 0.25) is 0 Å². The van der Waals surface area contributed by atoms with Crippen molar-refractivity contribution in [1.82, 2.24) is 15.0 Å². The van der Waals surface area contributed by atoms with Crippen molar-refractivity contribution in [2.24, 2.45) is 23.7 Å². The van der Waals surface area contributed by atoms with E-state index < -0.39 is 7.14 Å². The smallest absolute Gasteiger partial charge is 0.164 e. The van der Waals surface area contributed by atoms with Gasteiger partial charge in [-0.3, -0.25) is 0 Å². The first-order valence-electron chi connectivity index (χ1n) is 20.9. The van der Waals surface area contributed by atoms with Crippen molar-refractivity contribution in [3.8, 4) is 45.3 Å². The first-order valence-corrected chi connectivity index (χ1v) is 23.5. The summed E-state index contributed by atoms with van der Waals surface area (Å²) in [7, 11) is -2.43. The average Bonchev–Trinajstić information content (AvgIpc) is 3.26. The Hall–Kier alpha value is -5.70. The lowest BCUT2D eigenvalue weighted by Gasteiger charge is -2.62. The molecule has 4 nitrogen and oxygen atoms in total. The Morgan fingerprint density at radius 2 is 0.966 bits per heavy atom. The molecule has 284 valence electrons. The van der Waals surface area contributed by atoms with Crippen molar-refractivity contribution in [1.29, 1.82) is 0 Å². The van der Waals surface area contributed by atoms with Crippen LogP contribution in [0.1, 0.15) is 43.2 Å². The van der Waals surface area contributed by atoms with Gasteiger partial charge in [-0.05, 0) is 119 Å². The highest BCUT2D eigenvalue weighted by Gasteiger charge is 2.58. The fourth-order valence-corrected chi connectivity index (χ4v) is 12.7. The third-order valence-electron chi connectivity index (χ3n) is 13.9. The zero-order valence-corrected chi connectivity index (χ0v) is 33.9. The molecule has 0 N–H and O–H groups in total. The maximum atomic E-state index is 13.3. The molecule has 5 heteroatoms. The van der Waals surface area contributed by atoms with Crippen LogP contribution in [0.5, 0.6) is 0 Å². The summed E-state index contributed by atoms with van der Waals surface area (Å²) < 4.78 is 13.3. The Morgan fingerprint density at radius 1 is 0.466 bits per heavy atom. The van der Waals surface area contributed by atoms with Crippen molar-refractivity contribution >= 4 is 34.0 Å². The van der Waals surface area contributed by atoms with Gasteiger partial charge in [-0.25, -0.2) is 15.0 Å². The molecule has 4 aliphatic carbocycles. The zero-order valence-electron chi connectivity index (χ0n) is 33.1. The molecule has 0 unspecified atom stereocenters. The second kappa shape index (κ2) is 13.7. The molecule has 4 aliphatic rings. The maximum absolute atomic E-state index is 13.3. The molecule has 1 heterocycles. The summed E-state index contributed by atoms with van der Waals surface area (Å²) in [6, 6.07) is 56.7. The van der Waals surface area contributed by atoms with E-state index in [2.05, 4.69) is 140 Å². The third kappa shape index (κ3) is 5.87. The topological polar surface area (TPSA) is 55.7 Å². The maximum Gasteiger partial charge on any atom is 0.164 e. The van der Waals surface area contributed by atoms with E-state index >= 15 is 0 Å². The molecule has 0 atom stereocenters. The van der Waals surface area contributed by atoms with Gasteiger partial charge in [0.15, 0.2) is 17.5 Å². The van der Waals surface area contributed by atoms with Crippen LogP contribution in [0.4, 0.5) is 0 Å². The van der Waals surface area contributed by atoms with Gasteiger partial charge in [-0.1, -0.05) is 152 Å². The summed E-state index contributed by atoms with van der Waals surface area (Å²) in [6.45, 7) is 3.74. The zero-order chi connectivity index (χ0) is 39.0. The third-order valence-corrected chi connectivity index (χ3v) is 15.4. The summed E-state index contributed by atoms with van der Waals surface area (Å²) in [5, 5.41) is 5.57. The van der Waals surface area contributed by atoms with Crippen molar-refractivity contribution < 1.29 is 4.57 Å². The minimum atomic E-state index is -2.43. The lowest BCUT2D eigenvalue weighted by Crippen LogP contribution is -2.56. The molecule has 0 spiro atoms.